The maximum absolute atomic E-state index is 13.0. The van der Waals surface area contributed by atoms with E-state index in [-0.39, 0.29) is 17.9 Å². The van der Waals surface area contributed by atoms with Gasteiger partial charge in [-0.1, -0.05) is 17.7 Å². The molecule has 19 heavy (non-hydrogen) atoms. The third-order valence-corrected chi connectivity index (χ3v) is 4.36. The zero-order valence-electron chi connectivity index (χ0n) is 11.1. The van der Waals surface area contributed by atoms with Gasteiger partial charge in [0.2, 0.25) is 0 Å². The molecule has 2 rings (SSSR count). The van der Waals surface area contributed by atoms with Gasteiger partial charge < -0.3 is 5.32 Å². The van der Waals surface area contributed by atoms with Crippen LogP contribution in [0.3, 0.4) is 0 Å². The standard InChI is InChI=1S/C14H16ClFN2S/c1-8-7-17-14(19-8)10(3)18-9(2)12-5-4-11(16)6-13(12)15/h4-7,9-10,18H,1-3H3. The number of thiazole rings is 1. The zero-order valence-corrected chi connectivity index (χ0v) is 12.6. The molecule has 0 fully saturated rings. The van der Waals surface area contributed by atoms with E-state index in [9.17, 15) is 4.39 Å². The molecule has 1 aromatic heterocycles. The highest BCUT2D eigenvalue weighted by Gasteiger charge is 2.16. The molecule has 2 aromatic rings. The molecule has 2 nitrogen and oxygen atoms in total. The van der Waals surface area contributed by atoms with Crippen LogP contribution in [-0.2, 0) is 0 Å². The van der Waals surface area contributed by atoms with Gasteiger partial charge in [-0.25, -0.2) is 9.37 Å². The first-order chi connectivity index (χ1) is 8.97. The minimum absolute atomic E-state index is 0.0345. The van der Waals surface area contributed by atoms with Crippen molar-refractivity contribution in [3.63, 3.8) is 0 Å². The van der Waals surface area contributed by atoms with Crippen LogP contribution in [-0.4, -0.2) is 4.98 Å². The smallest absolute Gasteiger partial charge is 0.124 e. The number of rotatable bonds is 4. The van der Waals surface area contributed by atoms with Crippen molar-refractivity contribution in [2.75, 3.05) is 0 Å². The van der Waals surface area contributed by atoms with Crippen LogP contribution < -0.4 is 5.32 Å². The van der Waals surface area contributed by atoms with Gasteiger partial charge in [0.1, 0.15) is 10.8 Å². The average Bonchev–Trinajstić information content (AvgIpc) is 2.75. The van der Waals surface area contributed by atoms with Crippen LogP contribution >= 0.6 is 22.9 Å². The van der Waals surface area contributed by atoms with E-state index < -0.39 is 0 Å². The number of benzene rings is 1. The number of nitrogens with zero attached hydrogens (tertiary/aromatic N) is 1. The molecule has 1 heterocycles. The third-order valence-electron chi connectivity index (χ3n) is 2.94. The summed E-state index contributed by atoms with van der Waals surface area (Å²) >= 11 is 7.74. The molecule has 0 aliphatic heterocycles. The molecule has 0 amide bonds. The van der Waals surface area contributed by atoms with Crippen molar-refractivity contribution in [2.24, 2.45) is 0 Å². The molecule has 1 N–H and O–H groups in total. The predicted octanol–water partition coefficient (Wildman–Crippen LogP) is 4.66. The Bertz CT molecular complexity index is 570. The Morgan fingerprint density at radius 3 is 2.63 bits per heavy atom. The lowest BCUT2D eigenvalue weighted by Gasteiger charge is -2.19. The van der Waals surface area contributed by atoms with Gasteiger partial charge in [0, 0.05) is 22.1 Å². The van der Waals surface area contributed by atoms with Crippen LogP contribution in [0.2, 0.25) is 5.02 Å². The van der Waals surface area contributed by atoms with E-state index in [1.165, 1.54) is 17.0 Å². The fraction of sp³-hybridized carbons (Fsp3) is 0.357. The van der Waals surface area contributed by atoms with Gasteiger partial charge in [0.25, 0.3) is 0 Å². The summed E-state index contributed by atoms with van der Waals surface area (Å²) in [5, 5.41) is 4.92. The highest BCUT2D eigenvalue weighted by molar-refractivity contribution is 7.11. The van der Waals surface area contributed by atoms with E-state index in [1.807, 2.05) is 20.0 Å². The normalized spacial score (nSPS) is 14.4. The van der Waals surface area contributed by atoms with Crippen LogP contribution in [0.15, 0.2) is 24.4 Å². The Morgan fingerprint density at radius 2 is 2.05 bits per heavy atom. The van der Waals surface area contributed by atoms with Crippen LogP contribution in [0.5, 0.6) is 0 Å². The van der Waals surface area contributed by atoms with Crippen molar-refractivity contribution in [1.82, 2.24) is 10.3 Å². The largest absolute Gasteiger partial charge is 0.301 e. The van der Waals surface area contributed by atoms with Gasteiger partial charge in [-0.2, -0.15) is 0 Å². The Hall–Kier alpha value is -0.970. The topological polar surface area (TPSA) is 24.9 Å². The SMILES string of the molecule is Cc1cnc(C(C)NC(C)c2ccc(F)cc2Cl)s1. The highest BCUT2D eigenvalue weighted by atomic mass is 35.5. The minimum atomic E-state index is -0.315. The monoisotopic (exact) mass is 298 g/mol. The molecule has 0 saturated heterocycles. The molecule has 0 saturated carbocycles. The Balaban J connectivity index is 2.10. The molecule has 0 bridgehead atoms. The van der Waals surface area contributed by atoms with Crippen molar-refractivity contribution in [2.45, 2.75) is 32.9 Å². The molecule has 0 aliphatic carbocycles. The quantitative estimate of drug-likeness (QED) is 0.888. The van der Waals surface area contributed by atoms with Crippen molar-refractivity contribution < 1.29 is 4.39 Å². The predicted molar refractivity (Wildman–Crippen MR) is 78.2 cm³/mol. The summed E-state index contributed by atoms with van der Waals surface area (Å²) in [6, 6.07) is 4.65. The van der Waals surface area contributed by atoms with Crippen molar-refractivity contribution in [3.8, 4) is 0 Å². The molecule has 0 aliphatic rings. The maximum atomic E-state index is 13.0. The van der Waals surface area contributed by atoms with Crippen molar-refractivity contribution >= 4 is 22.9 Å². The molecule has 0 radical (unpaired) electrons. The number of aryl methyl sites for hydroxylation is 1. The molecular weight excluding hydrogens is 283 g/mol. The van der Waals surface area contributed by atoms with E-state index in [0.29, 0.717) is 5.02 Å². The molecule has 2 unspecified atom stereocenters. The van der Waals surface area contributed by atoms with Gasteiger partial charge in [-0.3, -0.25) is 0 Å². The first kappa shape index (κ1) is 14.4. The fourth-order valence-corrected chi connectivity index (χ4v) is 3.08. The lowest BCUT2D eigenvalue weighted by atomic mass is 10.1. The maximum Gasteiger partial charge on any atom is 0.124 e. The first-order valence-electron chi connectivity index (χ1n) is 6.10. The zero-order chi connectivity index (χ0) is 14.0. The average molecular weight is 299 g/mol. The van der Waals surface area contributed by atoms with E-state index in [2.05, 4.69) is 17.2 Å². The summed E-state index contributed by atoms with van der Waals surface area (Å²) in [5.41, 5.74) is 0.892. The molecule has 2 atom stereocenters. The summed E-state index contributed by atoms with van der Waals surface area (Å²) < 4.78 is 13.0. The Labute approximate surface area is 121 Å². The fourth-order valence-electron chi connectivity index (χ4n) is 1.96. The molecular formula is C14H16ClFN2S. The highest BCUT2D eigenvalue weighted by Crippen LogP contribution is 2.27. The number of hydrogen-bond donors (Lipinski definition) is 1. The van der Waals surface area contributed by atoms with Crippen molar-refractivity contribution in [1.29, 1.82) is 0 Å². The number of halogens is 2. The van der Waals surface area contributed by atoms with Crippen LogP contribution in [0.1, 0.15) is 41.4 Å². The summed E-state index contributed by atoms with van der Waals surface area (Å²) in [4.78, 5) is 5.55. The van der Waals surface area contributed by atoms with Gasteiger partial charge >= 0.3 is 0 Å². The lowest BCUT2D eigenvalue weighted by molar-refractivity contribution is 0.492. The summed E-state index contributed by atoms with van der Waals surface area (Å²) in [6.45, 7) is 6.11. The first-order valence-corrected chi connectivity index (χ1v) is 7.30. The summed E-state index contributed by atoms with van der Waals surface area (Å²) in [5.74, 6) is -0.315. The van der Waals surface area contributed by atoms with Crippen LogP contribution in [0, 0.1) is 12.7 Å². The van der Waals surface area contributed by atoms with E-state index >= 15 is 0 Å². The second-order valence-corrected chi connectivity index (χ2v) is 6.26. The lowest BCUT2D eigenvalue weighted by Crippen LogP contribution is -2.22. The Kier molecular flexibility index (Phi) is 4.55. The van der Waals surface area contributed by atoms with E-state index in [4.69, 9.17) is 11.6 Å². The third kappa shape index (κ3) is 3.53. The Morgan fingerprint density at radius 1 is 1.32 bits per heavy atom. The molecule has 5 heteroatoms. The second kappa shape index (κ2) is 5.99. The second-order valence-electron chi connectivity index (χ2n) is 4.59. The summed E-state index contributed by atoms with van der Waals surface area (Å²) in [6.07, 6.45) is 1.87. The number of hydrogen-bond acceptors (Lipinski definition) is 3. The van der Waals surface area contributed by atoms with Gasteiger partial charge in [0.05, 0.1) is 6.04 Å². The van der Waals surface area contributed by atoms with Crippen molar-refractivity contribution in [3.05, 3.63) is 50.7 Å². The molecule has 0 spiro atoms. The molecule has 102 valence electrons. The summed E-state index contributed by atoms with van der Waals surface area (Å²) in [7, 11) is 0. The van der Waals surface area contributed by atoms with Crippen LogP contribution in [0.25, 0.3) is 0 Å². The van der Waals surface area contributed by atoms with E-state index in [0.717, 1.165) is 10.6 Å². The van der Waals surface area contributed by atoms with Gasteiger partial charge in [0.15, 0.2) is 0 Å². The number of aromatic nitrogens is 1. The molecule has 1 aromatic carbocycles. The van der Waals surface area contributed by atoms with E-state index in [1.54, 1.807) is 17.4 Å². The van der Waals surface area contributed by atoms with Gasteiger partial charge in [-0.15, -0.1) is 11.3 Å². The number of nitrogens with one attached hydrogen (secondary N) is 1. The van der Waals surface area contributed by atoms with Crippen LogP contribution in [0.4, 0.5) is 4.39 Å². The van der Waals surface area contributed by atoms with Gasteiger partial charge in [-0.05, 0) is 38.5 Å². The minimum Gasteiger partial charge on any atom is -0.301 e.